The maximum atomic E-state index is 8.95. The van der Waals surface area contributed by atoms with Gasteiger partial charge in [-0.25, -0.2) is 4.98 Å². The van der Waals surface area contributed by atoms with Crippen molar-refractivity contribution in [3.63, 3.8) is 0 Å². The largest absolute Gasteiger partial charge is 0.396 e. The number of pyridine rings is 1. The maximum Gasteiger partial charge on any atom is 0.161 e. The van der Waals surface area contributed by atoms with Crippen molar-refractivity contribution in [2.24, 2.45) is 5.41 Å². The number of nitriles is 1. The summed E-state index contributed by atoms with van der Waals surface area (Å²) >= 11 is 5.80. The molecule has 1 aromatic rings. The lowest BCUT2D eigenvalue weighted by molar-refractivity contribution is 0.253. The Morgan fingerprint density at radius 3 is 2.88 bits per heavy atom. The van der Waals surface area contributed by atoms with Gasteiger partial charge in [-0.3, -0.25) is 0 Å². The van der Waals surface area contributed by atoms with E-state index in [0.717, 1.165) is 25.8 Å². The van der Waals surface area contributed by atoms with E-state index in [9.17, 15) is 0 Å². The summed E-state index contributed by atoms with van der Waals surface area (Å²) in [5.41, 5.74) is 0.465. The number of aliphatic hydroxyl groups is 1. The van der Waals surface area contributed by atoms with Crippen molar-refractivity contribution >= 4 is 17.4 Å². The van der Waals surface area contributed by atoms with Gasteiger partial charge in [-0.1, -0.05) is 11.6 Å². The molecule has 0 aromatic carbocycles. The van der Waals surface area contributed by atoms with E-state index in [-0.39, 0.29) is 17.7 Å². The van der Waals surface area contributed by atoms with Gasteiger partial charge in [0, 0.05) is 13.2 Å². The lowest BCUT2D eigenvalue weighted by Gasteiger charge is -2.15. The summed E-state index contributed by atoms with van der Waals surface area (Å²) in [5, 5.41) is 21.3. The van der Waals surface area contributed by atoms with Crippen LogP contribution in [-0.4, -0.2) is 23.2 Å². The molecule has 0 spiro atoms. The van der Waals surface area contributed by atoms with Crippen LogP contribution in [0.5, 0.6) is 0 Å². The van der Waals surface area contributed by atoms with Crippen LogP contribution in [0.1, 0.15) is 25.0 Å². The van der Waals surface area contributed by atoms with Crippen molar-refractivity contribution in [3.8, 4) is 6.07 Å². The van der Waals surface area contributed by atoms with E-state index in [4.69, 9.17) is 22.0 Å². The Bertz CT molecular complexity index is 452. The Morgan fingerprint density at radius 2 is 2.29 bits per heavy atom. The average molecular weight is 252 g/mol. The molecule has 0 bridgehead atoms. The predicted molar refractivity (Wildman–Crippen MR) is 65.8 cm³/mol. The Balaban J connectivity index is 1.98. The predicted octanol–water partition coefficient (Wildman–Crippen LogP) is 2.18. The number of aromatic nitrogens is 1. The van der Waals surface area contributed by atoms with E-state index in [2.05, 4.69) is 10.3 Å². The first-order chi connectivity index (χ1) is 8.19. The average Bonchev–Trinajstić information content (AvgIpc) is 3.09. The highest BCUT2D eigenvalue weighted by molar-refractivity contribution is 6.31. The molecule has 1 aromatic heterocycles. The lowest BCUT2D eigenvalue weighted by atomic mass is 10.0. The third-order valence-electron chi connectivity index (χ3n) is 3.20. The van der Waals surface area contributed by atoms with E-state index in [1.54, 1.807) is 12.1 Å². The second-order valence-corrected chi connectivity index (χ2v) is 4.87. The van der Waals surface area contributed by atoms with Crippen molar-refractivity contribution in [2.75, 3.05) is 18.5 Å². The molecular weight excluding hydrogens is 238 g/mol. The molecule has 0 saturated heterocycles. The highest BCUT2D eigenvalue weighted by atomic mass is 35.5. The van der Waals surface area contributed by atoms with Crippen LogP contribution in [0.2, 0.25) is 5.02 Å². The van der Waals surface area contributed by atoms with Crippen LogP contribution in [0.25, 0.3) is 0 Å². The second-order valence-electron chi connectivity index (χ2n) is 4.47. The zero-order chi connectivity index (χ0) is 12.3. The van der Waals surface area contributed by atoms with Gasteiger partial charge in [0.1, 0.15) is 11.9 Å². The van der Waals surface area contributed by atoms with Crippen molar-refractivity contribution in [2.45, 2.75) is 19.3 Å². The van der Waals surface area contributed by atoms with Gasteiger partial charge < -0.3 is 10.4 Å². The first kappa shape index (κ1) is 12.2. The molecule has 5 heteroatoms. The van der Waals surface area contributed by atoms with E-state index in [1.807, 2.05) is 6.07 Å². The van der Waals surface area contributed by atoms with Gasteiger partial charge >= 0.3 is 0 Å². The van der Waals surface area contributed by atoms with E-state index in [1.165, 1.54) is 0 Å². The standard InChI is InChI=1S/C12H14ClN3O/c13-9-1-2-11(16-10(9)7-14)15-8-12(3-4-12)5-6-17/h1-2,17H,3-6,8H2,(H,15,16). The van der Waals surface area contributed by atoms with Crippen LogP contribution in [0.3, 0.4) is 0 Å². The van der Waals surface area contributed by atoms with Crippen molar-refractivity contribution in [3.05, 3.63) is 22.8 Å². The molecule has 4 nitrogen and oxygen atoms in total. The number of nitrogens with zero attached hydrogens (tertiary/aromatic N) is 2. The summed E-state index contributed by atoms with van der Waals surface area (Å²) in [6, 6.07) is 5.38. The summed E-state index contributed by atoms with van der Waals surface area (Å²) in [6.07, 6.45) is 3.09. The molecule has 1 heterocycles. The minimum Gasteiger partial charge on any atom is -0.396 e. The van der Waals surface area contributed by atoms with Gasteiger partial charge in [0.15, 0.2) is 5.69 Å². The number of nitrogens with one attached hydrogen (secondary N) is 1. The number of hydrogen-bond acceptors (Lipinski definition) is 4. The Kier molecular flexibility index (Phi) is 3.51. The van der Waals surface area contributed by atoms with Crippen LogP contribution in [0.4, 0.5) is 5.82 Å². The fraction of sp³-hybridized carbons (Fsp3) is 0.500. The zero-order valence-electron chi connectivity index (χ0n) is 9.41. The molecule has 1 saturated carbocycles. The first-order valence-corrected chi connectivity index (χ1v) is 5.98. The Labute approximate surface area is 105 Å². The molecule has 1 fully saturated rings. The van der Waals surface area contributed by atoms with Gasteiger partial charge in [-0.05, 0) is 36.8 Å². The molecular formula is C12H14ClN3O. The molecule has 2 N–H and O–H groups in total. The molecule has 1 aliphatic carbocycles. The summed E-state index contributed by atoms with van der Waals surface area (Å²) in [7, 11) is 0. The minimum absolute atomic E-state index is 0.221. The third-order valence-corrected chi connectivity index (χ3v) is 3.50. The van der Waals surface area contributed by atoms with E-state index < -0.39 is 0 Å². The summed E-state index contributed by atoms with van der Waals surface area (Å²) < 4.78 is 0. The number of anilines is 1. The van der Waals surface area contributed by atoms with Gasteiger partial charge in [-0.2, -0.15) is 5.26 Å². The number of hydrogen-bond donors (Lipinski definition) is 2. The van der Waals surface area contributed by atoms with Crippen LogP contribution >= 0.6 is 11.6 Å². The molecule has 0 unspecified atom stereocenters. The fourth-order valence-electron chi connectivity index (χ4n) is 1.83. The van der Waals surface area contributed by atoms with Gasteiger partial charge in [0.05, 0.1) is 5.02 Å². The number of aliphatic hydroxyl groups excluding tert-OH is 1. The lowest BCUT2D eigenvalue weighted by Crippen LogP contribution is -2.17. The molecule has 2 rings (SSSR count). The van der Waals surface area contributed by atoms with Gasteiger partial charge in [0.25, 0.3) is 0 Å². The quantitative estimate of drug-likeness (QED) is 0.842. The Hall–Kier alpha value is -1.31. The molecule has 17 heavy (non-hydrogen) atoms. The van der Waals surface area contributed by atoms with Crippen molar-refractivity contribution < 1.29 is 5.11 Å². The summed E-state index contributed by atoms with van der Waals surface area (Å²) in [5.74, 6) is 0.662. The summed E-state index contributed by atoms with van der Waals surface area (Å²) in [4.78, 5) is 4.12. The topological polar surface area (TPSA) is 68.9 Å². The van der Waals surface area contributed by atoms with E-state index >= 15 is 0 Å². The number of halogens is 1. The highest BCUT2D eigenvalue weighted by Crippen LogP contribution is 2.48. The van der Waals surface area contributed by atoms with E-state index in [0.29, 0.717) is 10.8 Å². The smallest absolute Gasteiger partial charge is 0.161 e. The summed E-state index contributed by atoms with van der Waals surface area (Å²) in [6.45, 7) is 1.01. The third kappa shape index (κ3) is 2.87. The molecule has 1 aliphatic rings. The van der Waals surface area contributed by atoms with Crippen molar-refractivity contribution in [1.82, 2.24) is 4.98 Å². The van der Waals surface area contributed by atoms with Crippen LogP contribution in [0.15, 0.2) is 12.1 Å². The van der Waals surface area contributed by atoms with Gasteiger partial charge in [-0.15, -0.1) is 0 Å². The monoisotopic (exact) mass is 251 g/mol. The molecule has 0 aliphatic heterocycles. The van der Waals surface area contributed by atoms with Crippen LogP contribution in [0, 0.1) is 16.7 Å². The fourth-order valence-corrected chi connectivity index (χ4v) is 1.97. The SMILES string of the molecule is N#Cc1nc(NCC2(CCO)CC2)ccc1Cl. The van der Waals surface area contributed by atoms with Crippen molar-refractivity contribution in [1.29, 1.82) is 5.26 Å². The second kappa shape index (κ2) is 4.91. The maximum absolute atomic E-state index is 8.95. The minimum atomic E-state index is 0.221. The Morgan fingerprint density at radius 1 is 1.53 bits per heavy atom. The zero-order valence-corrected chi connectivity index (χ0v) is 10.2. The molecule has 0 radical (unpaired) electrons. The van der Waals surface area contributed by atoms with Gasteiger partial charge in [0.2, 0.25) is 0 Å². The molecule has 90 valence electrons. The molecule has 0 atom stereocenters. The van der Waals surface area contributed by atoms with Crippen LogP contribution in [-0.2, 0) is 0 Å². The highest BCUT2D eigenvalue weighted by Gasteiger charge is 2.41. The normalized spacial score (nSPS) is 16.3. The number of rotatable bonds is 5. The van der Waals surface area contributed by atoms with Crippen LogP contribution < -0.4 is 5.32 Å². The molecule has 0 amide bonds. The first-order valence-electron chi connectivity index (χ1n) is 5.60.